The van der Waals surface area contributed by atoms with Gasteiger partial charge < -0.3 is 14.8 Å². The van der Waals surface area contributed by atoms with Crippen LogP contribution in [0.15, 0.2) is 0 Å². The van der Waals surface area contributed by atoms with Gasteiger partial charge in [0, 0.05) is 5.92 Å². The van der Waals surface area contributed by atoms with E-state index in [1.807, 2.05) is 0 Å². The van der Waals surface area contributed by atoms with Crippen molar-refractivity contribution < 1.29 is 19.1 Å². The summed E-state index contributed by atoms with van der Waals surface area (Å²) in [5, 5.41) is 2.97. The number of carbonyl (C=O) groups excluding carboxylic acids is 2. The predicted octanol–water partition coefficient (Wildman–Crippen LogP) is 1.47. The molecule has 1 N–H and O–H groups in total. The summed E-state index contributed by atoms with van der Waals surface area (Å²) < 4.78 is 9.57. The van der Waals surface area contributed by atoms with E-state index in [0.717, 1.165) is 6.42 Å². The lowest BCUT2D eigenvalue weighted by atomic mass is 10.0. The highest BCUT2D eigenvalue weighted by Crippen LogP contribution is 2.17. The monoisotopic (exact) mass is 253 g/mol. The van der Waals surface area contributed by atoms with Gasteiger partial charge in [0.1, 0.15) is 11.6 Å². The molecule has 5 nitrogen and oxygen atoms in total. The maximum Gasteiger partial charge on any atom is 0.516 e. The fourth-order valence-corrected chi connectivity index (χ4v) is 1.71. The first kappa shape index (κ1) is 14.5. The first-order valence-corrected chi connectivity index (χ1v) is 5.94. The highest BCUT2D eigenvalue weighted by atomic mass is 16.7. The quantitative estimate of drug-likeness (QED) is 0.435. The van der Waals surface area contributed by atoms with Crippen LogP contribution in [0.3, 0.4) is 0 Å². The molecule has 1 rings (SSSR count). The number of carbonyl (C=O) groups is 2. The third kappa shape index (κ3) is 4.38. The second-order valence-electron chi connectivity index (χ2n) is 5.11. The van der Waals surface area contributed by atoms with Crippen LogP contribution in [0.25, 0.3) is 0 Å². The van der Waals surface area contributed by atoms with Crippen molar-refractivity contribution in [2.24, 2.45) is 5.92 Å². The maximum atomic E-state index is 11.8. The van der Waals surface area contributed by atoms with Gasteiger partial charge in [0.15, 0.2) is 0 Å². The van der Waals surface area contributed by atoms with Crippen molar-refractivity contribution in [2.75, 3.05) is 6.54 Å². The molecule has 0 aromatic carbocycles. The average Bonchev–Trinajstić information content (AvgIpc) is 2.63. The Morgan fingerprint density at radius 2 is 2.00 bits per heavy atom. The fourth-order valence-electron chi connectivity index (χ4n) is 1.71. The summed E-state index contributed by atoms with van der Waals surface area (Å²) >= 11 is 0. The molecule has 2 atom stereocenters. The molecule has 18 heavy (non-hydrogen) atoms. The minimum absolute atomic E-state index is 0.107. The molecule has 0 radical (unpaired) electrons. The lowest BCUT2D eigenvalue weighted by Crippen LogP contribution is -2.39. The topological polar surface area (TPSA) is 64.6 Å². The van der Waals surface area contributed by atoms with Gasteiger partial charge in [-0.05, 0) is 40.7 Å². The van der Waals surface area contributed by atoms with Crippen molar-refractivity contribution in [3.63, 3.8) is 0 Å². The Morgan fingerprint density at radius 3 is 2.56 bits per heavy atom. The predicted molar refractivity (Wildman–Crippen MR) is 65.7 cm³/mol. The number of hydrogen-bond acceptors (Lipinski definition) is 5. The van der Waals surface area contributed by atoms with Crippen molar-refractivity contribution in [1.82, 2.24) is 5.32 Å². The second-order valence-corrected chi connectivity index (χ2v) is 5.11. The van der Waals surface area contributed by atoms with Crippen molar-refractivity contribution in [2.45, 2.75) is 45.8 Å². The molecule has 5 heteroatoms. The Hall–Kier alpha value is -1.54. The minimum atomic E-state index is -0.968. The van der Waals surface area contributed by atoms with E-state index in [4.69, 9.17) is 4.74 Å². The zero-order chi connectivity index (χ0) is 13.8. The van der Waals surface area contributed by atoms with Gasteiger partial charge in [0.25, 0.3) is 0 Å². The lowest BCUT2D eigenvalue weighted by molar-refractivity contribution is -0.144. The SMILES string of the molecule is CC#C[C@H]1CCN[C@@H]1C(=O)OC(=O)OC(C)(C)C. The van der Waals surface area contributed by atoms with E-state index in [1.54, 1.807) is 27.7 Å². The molecule has 0 saturated carbocycles. The largest absolute Gasteiger partial charge is 0.516 e. The highest BCUT2D eigenvalue weighted by molar-refractivity contribution is 5.86. The molecule has 0 aromatic heterocycles. The van der Waals surface area contributed by atoms with E-state index < -0.39 is 23.8 Å². The Kier molecular flexibility index (Phi) is 4.74. The summed E-state index contributed by atoms with van der Waals surface area (Å²) in [6.45, 7) is 7.52. The molecule has 0 bridgehead atoms. The van der Waals surface area contributed by atoms with E-state index in [1.165, 1.54) is 0 Å². The Morgan fingerprint density at radius 1 is 1.33 bits per heavy atom. The van der Waals surface area contributed by atoms with Gasteiger partial charge >= 0.3 is 12.1 Å². The fraction of sp³-hybridized carbons (Fsp3) is 0.692. The van der Waals surface area contributed by atoms with Gasteiger partial charge in [-0.1, -0.05) is 5.92 Å². The van der Waals surface area contributed by atoms with Crippen LogP contribution in [-0.4, -0.2) is 30.3 Å². The molecule has 1 heterocycles. The molecular formula is C13H19NO4. The van der Waals surface area contributed by atoms with E-state index in [2.05, 4.69) is 21.9 Å². The van der Waals surface area contributed by atoms with Crippen molar-refractivity contribution in [3.05, 3.63) is 0 Å². The van der Waals surface area contributed by atoms with Crippen LogP contribution in [0, 0.1) is 17.8 Å². The van der Waals surface area contributed by atoms with Crippen LogP contribution in [-0.2, 0) is 14.3 Å². The molecule has 0 aliphatic carbocycles. The summed E-state index contributed by atoms with van der Waals surface area (Å²) in [4.78, 5) is 23.1. The van der Waals surface area contributed by atoms with Crippen LogP contribution in [0.1, 0.15) is 34.1 Å². The number of nitrogens with one attached hydrogen (secondary N) is 1. The summed E-state index contributed by atoms with van der Waals surface area (Å²) in [6.07, 6.45) is -0.195. The standard InChI is InChI=1S/C13H19NO4/c1-5-6-9-7-8-14-10(9)11(15)17-12(16)18-13(2,3)4/h9-10,14H,7-8H2,1-4H3/t9-,10-/m0/s1. The highest BCUT2D eigenvalue weighted by Gasteiger charge is 2.35. The van der Waals surface area contributed by atoms with Gasteiger partial charge in [0.05, 0.1) is 0 Å². The number of hydrogen-bond donors (Lipinski definition) is 1. The molecule has 0 aromatic rings. The van der Waals surface area contributed by atoms with Gasteiger partial charge in [0.2, 0.25) is 0 Å². The molecule has 0 spiro atoms. The smallest absolute Gasteiger partial charge is 0.428 e. The molecular weight excluding hydrogens is 234 g/mol. The zero-order valence-corrected chi connectivity index (χ0v) is 11.2. The van der Waals surface area contributed by atoms with Gasteiger partial charge in [-0.25, -0.2) is 9.59 Å². The van der Waals surface area contributed by atoms with Gasteiger partial charge in [-0.15, -0.1) is 5.92 Å². The first-order valence-electron chi connectivity index (χ1n) is 5.94. The van der Waals surface area contributed by atoms with E-state index in [9.17, 15) is 9.59 Å². The van der Waals surface area contributed by atoms with E-state index in [-0.39, 0.29) is 5.92 Å². The summed E-state index contributed by atoms with van der Waals surface area (Å²) in [7, 11) is 0. The number of esters is 1. The zero-order valence-electron chi connectivity index (χ0n) is 11.2. The summed E-state index contributed by atoms with van der Waals surface area (Å²) in [6, 6.07) is -0.551. The van der Waals surface area contributed by atoms with Crippen molar-refractivity contribution in [1.29, 1.82) is 0 Å². The summed E-state index contributed by atoms with van der Waals surface area (Å²) in [5.74, 6) is 4.97. The minimum Gasteiger partial charge on any atom is -0.428 e. The van der Waals surface area contributed by atoms with Gasteiger partial charge in [-0.2, -0.15) is 0 Å². The third-order valence-electron chi connectivity index (χ3n) is 2.38. The van der Waals surface area contributed by atoms with Crippen molar-refractivity contribution in [3.8, 4) is 11.8 Å². The molecule has 0 amide bonds. The van der Waals surface area contributed by atoms with Crippen molar-refractivity contribution >= 4 is 12.1 Å². The Bertz CT molecular complexity index is 386. The molecule has 1 fully saturated rings. The van der Waals surface area contributed by atoms with Crippen LogP contribution in [0.5, 0.6) is 0 Å². The Labute approximate surface area is 107 Å². The van der Waals surface area contributed by atoms with E-state index >= 15 is 0 Å². The normalized spacial score (nSPS) is 22.9. The molecule has 1 aliphatic rings. The number of rotatable bonds is 1. The van der Waals surface area contributed by atoms with Crippen LogP contribution >= 0.6 is 0 Å². The number of ether oxygens (including phenoxy) is 2. The lowest BCUT2D eigenvalue weighted by Gasteiger charge is -2.19. The molecule has 100 valence electrons. The van der Waals surface area contributed by atoms with Crippen LogP contribution in [0.4, 0.5) is 4.79 Å². The Balaban J connectivity index is 2.54. The average molecular weight is 253 g/mol. The van der Waals surface area contributed by atoms with Crippen LogP contribution < -0.4 is 5.32 Å². The molecule has 1 saturated heterocycles. The summed E-state index contributed by atoms with van der Waals surface area (Å²) in [5.41, 5.74) is -0.677. The molecule has 0 unspecified atom stereocenters. The molecule has 1 aliphatic heterocycles. The maximum absolute atomic E-state index is 11.8. The third-order valence-corrected chi connectivity index (χ3v) is 2.38. The van der Waals surface area contributed by atoms with Gasteiger partial charge in [-0.3, -0.25) is 0 Å². The first-order chi connectivity index (χ1) is 8.33. The van der Waals surface area contributed by atoms with Crippen LogP contribution in [0.2, 0.25) is 0 Å². The second kappa shape index (κ2) is 5.87. The van der Waals surface area contributed by atoms with E-state index in [0.29, 0.717) is 6.54 Å².